The number of aromatic nitrogens is 2. The molecule has 1 aliphatic heterocycles. The van der Waals surface area contributed by atoms with Crippen LogP contribution >= 0.6 is 11.6 Å². The Balaban J connectivity index is 1.93. The molecule has 3 rings (SSSR count). The lowest BCUT2D eigenvalue weighted by Crippen LogP contribution is -2.26. The molecule has 110 valence electrons. The molecule has 0 radical (unpaired) electrons. The molecule has 0 atom stereocenters. The highest BCUT2D eigenvalue weighted by Gasteiger charge is 2.17. The second kappa shape index (κ2) is 5.87. The van der Waals surface area contributed by atoms with E-state index in [0.29, 0.717) is 11.0 Å². The van der Waals surface area contributed by atoms with Crippen molar-refractivity contribution >= 4 is 23.2 Å². The quantitative estimate of drug-likeness (QED) is 0.945. The number of fused-ring (bicyclic) bond motifs is 1. The first-order chi connectivity index (χ1) is 10.2. The fourth-order valence-corrected chi connectivity index (χ4v) is 2.59. The number of benzene rings is 1. The third-order valence-corrected chi connectivity index (χ3v) is 3.79. The molecule has 0 unspecified atom stereocenters. The van der Waals surface area contributed by atoms with Gasteiger partial charge >= 0.3 is 0 Å². The topological polar surface area (TPSA) is 50.3 Å². The van der Waals surface area contributed by atoms with E-state index in [0.717, 1.165) is 30.9 Å². The minimum Gasteiger partial charge on any atom is -0.495 e. The van der Waals surface area contributed by atoms with E-state index in [9.17, 15) is 0 Å². The summed E-state index contributed by atoms with van der Waals surface area (Å²) in [5, 5.41) is 3.70. The summed E-state index contributed by atoms with van der Waals surface area (Å²) in [6.45, 7) is 2.01. The van der Waals surface area contributed by atoms with Gasteiger partial charge in [0.05, 0.1) is 30.2 Å². The summed E-state index contributed by atoms with van der Waals surface area (Å²) in [5.41, 5.74) is 3.52. The van der Waals surface area contributed by atoms with Crippen LogP contribution in [0.2, 0.25) is 5.02 Å². The summed E-state index contributed by atoms with van der Waals surface area (Å²) >= 11 is 5.80. The summed E-state index contributed by atoms with van der Waals surface area (Å²) in [6.07, 6.45) is 4.17. The van der Waals surface area contributed by atoms with E-state index in [1.807, 2.05) is 0 Å². The van der Waals surface area contributed by atoms with Crippen LogP contribution in [0.1, 0.15) is 11.1 Å². The second-order valence-corrected chi connectivity index (χ2v) is 5.60. The highest BCUT2D eigenvalue weighted by molar-refractivity contribution is 6.30. The van der Waals surface area contributed by atoms with Gasteiger partial charge in [-0.3, -0.25) is 0 Å². The zero-order valence-electron chi connectivity index (χ0n) is 12.1. The van der Waals surface area contributed by atoms with Gasteiger partial charge in [-0.15, -0.1) is 0 Å². The van der Waals surface area contributed by atoms with Gasteiger partial charge in [-0.25, -0.2) is 9.97 Å². The average Bonchev–Trinajstić information content (AvgIpc) is 2.49. The fraction of sp³-hybridized carbons (Fsp3) is 0.333. The van der Waals surface area contributed by atoms with E-state index in [1.54, 1.807) is 19.5 Å². The molecular weight excluding hydrogens is 288 g/mol. The van der Waals surface area contributed by atoms with Crippen molar-refractivity contribution in [1.82, 2.24) is 14.9 Å². The minimum atomic E-state index is 0.502. The molecule has 5 nitrogen and oxygen atoms in total. The van der Waals surface area contributed by atoms with Crippen LogP contribution in [0, 0.1) is 0 Å². The molecule has 0 bridgehead atoms. The summed E-state index contributed by atoms with van der Waals surface area (Å²) < 4.78 is 5.48. The molecular formula is C15H17ClN4O. The van der Waals surface area contributed by atoms with Crippen molar-refractivity contribution in [3.63, 3.8) is 0 Å². The van der Waals surface area contributed by atoms with Gasteiger partial charge in [-0.1, -0.05) is 11.6 Å². The van der Waals surface area contributed by atoms with E-state index in [2.05, 4.69) is 39.4 Å². The predicted molar refractivity (Wildman–Crippen MR) is 83.4 cm³/mol. The van der Waals surface area contributed by atoms with E-state index in [1.165, 1.54) is 11.1 Å². The molecule has 1 N–H and O–H groups in total. The van der Waals surface area contributed by atoms with Crippen molar-refractivity contribution in [2.45, 2.75) is 13.0 Å². The molecule has 0 fully saturated rings. The lowest BCUT2D eigenvalue weighted by Gasteiger charge is -2.26. The zero-order valence-corrected chi connectivity index (χ0v) is 12.8. The first-order valence-electron chi connectivity index (χ1n) is 6.78. The van der Waals surface area contributed by atoms with Gasteiger partial charge in [-0.05, 0) is 36.7 Å². The molecule has 1 aromatic heterocycles. The molecule has 0 amide bonds. The lowest BCUT2D eigenvalue weighted by atomic mass is 9.99. The van der Waals surface area contributed by atoms with Crippen molar-refractivity contribution in [2.24, 2.45) is 0 Å². The molecule has 1 aromatic carbocycles. The lowest BCUT2D eigenvalue weighted by molar-refractivity contribution is 0.312. The molecule has 0 saturated carbocycles. The summed E-state index contributed by atoms with van der Waals surface area (Å²) in [4.78, 5) is 10.6. The summed E-state index contributed by atoms with van der Waals surface area (Å²) in [7, 11) is 3.80. The third-order valence-electron chi connectivity index (χ3n) is 3.59. The number of ether oxygens (including phenoxy) is 1. The van der Waals surface area contributed by atoms with Crippen LogP contribution in [-0.2, 0) is 13.0 Å². The zero-order chi connectivity index (χ0) is 14.8. The van der Waals surface area contributed by atoms with E-state index >= 15 is 0 Å². The number of halogens is 1. The highest BCUT2D eigenvalue weighted by Crippen LogP contribution is 2.32. The average molecular weight is 305 g/mol. The smallest absolute Gasteiger partial charge is 0.227 e. The number of hydrogen-bond donors (Lipinski definition) is 1. The molecule has 0 aliphatic carbocycles. The molecule has 21 heavy (non-hydrogen) atoms. The second-order valence-electron chi connectivity index (χ2n) is 5.16. The van der Waals surface area contributed by atoms with Crippen LogP contribution in [0.25, 0.3) is 0 Å². The van der Waals surface area contributed by atoms with Gasteiger partial charge in [0, 0.05) is 13.1 Å². The molecule has 1 aliphatic rings. The van der Waals surface area contributed by atoms with Crippen LogP contribution in [0.3, 0.4) is 0 Å². The Morgan fingerprint density at radius 3 is 2.71 bits per heavy atom. The van der Waals surface area contributed by atoms with E-state index in [4.69, 9.17) is 16.3 Å². The van der Waals surface area contributed by atoms with Crippen molar-refractivity contribution < 1.29 is 4.74 Å². The van der Waals surface area contributed by atoms with Gasteiger partial charge in [-0.2, -0.15) is 0 Å². The van der Waals surface area contributed by atoms with Crippen molar-refractivity contribution in [2.75, 3.05) is 26.0 Å². The Hall–Kier alpha value is -1.85. The van der Waals surface area contributed by atoms with Gasteiger partial charge in [0.15, 0.2) is 0 Å². The monoisotopic (exact) mass is 304 g/mol. The number of rotatable bonds is 3. The highest BCUT2D eigenvalue weighted by atomic mass is 35.5. The first-order valence-corrected chi connectivity index (χ1v) is 7.16. The Bertz CT molecular complexity index is 645. The van der Waals surface area contributed by atoms with Gasteiger partial charge < -0.3 is 15.0 Å². The number of hydrogen-bond acceptors (Lipinski definition) is 5. The summed E-state index contributed by atoms with van der Waals surface area (Å²) in [6, 6.07) is 4.21. The van der Waals surface area contributed by atoms with Crippen LogP contribution in [0.4, 0.5) is 11.6 Å². The van der Waals surface area contributed by atoms with Crippen LogP contribution in [-0.4, -0.2) is 35.6 Å². The number of anilines is 2. The van der Waals surface area contributed by atoms with Crippen molar-refractivity contribution in [3.05, 3.63) is 40.7 Å². The maximum Gasteiger partial charge on any atom is 0.227 e. The standard InChI is InChI=1S/C15H17ClN4O/c1-20-4-3-10-6-14(21-2)13(5-11(10)9-20)19-15-17-7-12(16)8-18-15/h5-8H,3-4,9H2,1-2H3,(H,17,18,19). The van der Waals surface area contributed by atoms with Crippen LogP contribution < -0.4 is 10.1 Å². The van der Waals surface area contributed by atoms with Gasteiger partial charge in [0.2, 0.25) is 5.95 Å². The Morgan fingerprint density at radius 1 is 1.24 bits per heavy atom. The maximum atomic E-state index is 5.80. The minimum absolute atomic E-state index is 0.502. The van der Waals surface area contributed by atoms with Gasteiger partial charge in [0.25, 0.3) is 0 Å². The maximum absolute atomic E-state index is 5.80. The van der Waals surface area contributed by atoms with Crippen molar-refractivity contribution in [1.29, 1.82) is 0 Å². The molecule has 6 heteroatoms. The first kappa shape index (κ1) is 14.1. The largest absolute Gasteiger partial charge is 0.495 e. The fourth-order valence-electron chi connectivity index (χ4n) is 2.49. The van der Waals surface area contributed by atoms with E-state index in [-0.39, 0.29) is 0 Å². The van der Waals surface area contributed by atoms with Gasteiger partial charge in [0.1, 0.15) is 5.75 Å². The summed E-state index contributed by atoms with van der Waals surface area (Å²) in [5.74, 6) is 1.30. The number of methoxy groups -OCH3 is 1. The number of likely N-dealkylation sites (N-methyl/N-ethyl adjacent to an activating group) is 1. The molecule has 2 aromatic rings. The van der Waals surface area contributed by atoms with Crippen LogP contribution in [0.5, 0.6) is 5.75 Å². The molecule has 2 heterocycles. The molecule has 0 spiro atoms. The normalized spacial score (nSPS) is 14.6. The number of nitrogens with zero attached hydrogens (tertiary/aromatic N) is 3. The Labute approximate surface area is 128 Å². The number of nitrogens with one attached hydrogen (secondary N) is 1. The molecule has 0 saturated heterocycles. The SMILES string of the molecule is COc1cc2c(cc1Nc1ncc(Cl)cn1)CN(C)CC2. The van der Waals surface area contributed by atoms with Crippen LogP contribution in [0.15, 0.2) is 24.5 Å². The Morgan fingerprint density at radius 2 is 2.00 bits per heavy atom. The van der Waals surface area contributed by atoms with E-state index < -0.39 is 0 Å². The Kier molecular flexibility index (Phi) is 3.94. The van der Waals surface area contributed by atoms with Crippen molar-refractivity contribution in [3.8, 4) is 5.75 Å². The predicted octanol–water partition coefficient (Wildman–Crippen LogP) is 2.87. The third kappa shape index (κ3) is 3.09.